The molecular weight excluding hydrogens is 777 g/mol. The summed E-state index contributed by atoms with van der Waals surface area (Å²) < 4.78 is 66.8. The zero-order valence-electron chi connectivity index (χ0n) is 33.5. The summed E-state index contributed by atoms with van der Waals surface area (Å²) in [5.41, 5.74) is 15.3. The number of para-hydroxylation sites is 2. The number of hydrogen-bond donors (Lipinski definition) is 3. The normalized spacial score (nSPS) is 19.1. The Hall–Kier alpha value is -4.89. The van der Waals surface area contributed by atoms with E-state index in [2.05, 4.69) is 85.7 Å². The molecule has 0 fully saturated rings. The third-order valence-corrected chi connectivity index (χ3v) is 13.2. The van der Waals surface area contributed by atoms with Gasteiger partial charge in [-0.2, -0.15) is 21.4 Å². The molecule has 4 N–H and O–H groups in total. The number of hydrogen-bond acceptors (Lipinski definition) is 8. The average molecular weight is 830 g/mol. The van der Waals surface area contributed by atoms with Crippen LogP contribution in [0.25, 0.3) is 5.57 Å². The highest BCUT2D eigenvalue weighted by atomic mass is 32.2. The zero-order chi connectivity index (χ0) is 42.0. The summed E-state index contributed by atoms with van der Waals surface area (Å²) >= 11 is 0. The molecule has 14 heteroatoms. The van der Waals surface area contributed by atoms with Crippen LogP contribution in [0, 0.1) is 10.1 Å². The van der Waals surface area contributed by atoms with Crippen LogP contribution in [-0.2, 0) is 31.1 Å². The Labute approximate surface area is 341 Å². The third-order valence-electron chi connectivity index (χ3n) is 11.6. The zero-order valence-corrected chi connectivity index (χ0v) is 35.2. The highest BCUT2D eigenvalue weighted by molar-refractivity contribution is 7.86. The van der Waals surface area contributed by atoms with Crippen molar-refractivity contribution < 1.29 is 35.4 Å². The minimum atomic E-state index is -4.07. The number of anilines is 2. The highest BCUT2D eigenvalue weighted by Gasteiger charge is 2.44. The number of nitrogens with zero attached hydrogens (tertiary/aromatic N) is 3. The fourth-order valence-corrected chi connectivity index (χ4v) is 9.86. The van der Waals surface area contributed by atoms with Crippen LogP contribution >= 0.6 is 0 Å². The smallest absolute Gasteiger partial charge is 0.292 e. The van der Waals surface area contributed by atoms with E-state index in [-0.39, 0.29) is 33.7 Å². The molecule has 3 aromatic carbocycles. The summed E-state index contributed by atoms with van der Waals surface area (Å²) in [7, 11) is -8.14. The number of allylic oxidation sites excluding steroid dienone is 8. The number of benzene rings is 3. The van der Waals surface area contributed by atoms with Crippen molar-refractivity contribution in [3.8, 4) is 0 Å². The number of fused-ring (bicyclic) bond motifs is 2. The Morgan fingerprint density at radius 2 is 1.48 bits per heavy atom. The lowest BCUT2D eigenvalue weighted by atomic mass is 9.79. The highest BCUT2D eigenvalue weighted by Crippen LogP contribution is 2.48. The van der Waals surface area contributed by atoms with Crippen molar-refractivity contribution in [3.05, 3.63) is 135 Å². The van der Waals surface area contributed by atoms with E-state index >= 15 is 0 Å². The van der Waals surface area contributed by atoms with Crippen molar-refractivity contribution in [1.29, 1.82) is 0 Å². The standard InChI is InChI=1S/C44H52N4O8S2/c1-43(2)34-16-5-7-18-37(34)46(26-9-11-28-57(51,52)53)40(43)24-21-31-14-13-15-32(42(31)33-20-23-36(45)39(30-33)48(49)50)22-25-41-44(3,4)35-17-6-8-19-38(35)47(41)27-10-12-29-58(54,55)56/h5-8,16-25,30,45H,9-15,26-29H2,1-4H3,(H2,51,52,53,54,55,56)/p+1/b31-21+,40-24+. The van der Waals surface area contributed by atoms with Crippen LogP contribution in [0.1, 0.15) is 89.3 Å². The van der Waals surface area contributed by atoms with Gasteiger partial charge in [-0.1, -0.05) is 68.5 Å². The lowest BCUT2D eigenvalue weighted by Crippen LogP contribution is -2.28. The Morgan fingerprint density at radius 1 is 0.828 bits per heavy atom. The summed E-state index contributed by atoms with van der Waals surface area (Å²) in [5, 5.41) is 12.1. The molecule has 0 atom stereocenters. The summed E-state index contributed by atoms with van der Waals surface area (Å²) in [6.07, 6.45) is 12.5. The monoisotopic (exact) mass is 829 g/mol. The van der Waals surface area contributed by atoms with Gasteiger partial charge in [0.2, 0.25) is 5.69 Å². The largest absolute Gasteiger partial charge is 0.393 e. The molecule has 2 heterocycles. The fourth-order valence-electron chi connectivity index (χ4n) is 8.72. The molecule has 0 saturated carbocycles. The van der Waals surface area contributed by atoms with E-state index in [1.165, 1.54) is 0 Å². The number of nitro benzene ring substituents is 1. The third kappa shape index (κ3) is 9.20. The lowest BCUT2D eigenvalue weighted by molar-refractivity contribution is -0.438. The molecular formula is C44H53N4O8S2+. The molecule has 0 spiro atoms. The average Bonchev–Trinajstić information content (AvgIpc) is 3.50. The molecule has 2 aliphatic heterocycles. The molecule has 1 aliphatic carbocycles. The molecule has 0 saturated heterocycles. The van der Waals surface area contributed by atoms with Gasteiger partial charge in [-0.3, -0.25) is 19.2 Å². The first-order chi connectivity index (χ1) is 27.3. The molecule has 0 aromatic heterocycles. The van der Waals surface area contributed by atoms with Gasteiger partial charge in [0, 0.05) is 53.5 Å². The Bertz CT molecular complexity index is 2500. The van der Waals surface area contributed by atoms with Gasteiger partial charge in [0.05, 0.1) is 21.8 Å². The van der Waals surface area contributed by atoms with Crippen LogP contribution in [0.4, 0.5) is 22.7 Å². The second-order valence-electron chi connectivity index (χ2n) is 16.3. The van der Waals surface area contributed by atoms with E-state index < -0.39 is 25.2 Å². The van der Waals surface area contributed by atoms with Gasteiger partial charge in [-0.25, -0.2) is 0 Å². The van der Waals surface area contributed by atoms with Crippen LogP contribution in [0.5, 0.6) is 0 Å². The minimum absolute atomic E-state index is 0.0793. The topological polar surface area (TPSA) is 184 Å². The molecule has 58 heavy (non-hydrogen) atoms. The van der Waals surface area contributed by atoms with E-state index in [0.29, 0.717) is 44.3 Å². The summed E-state index contributed by atoms with van der Waals surface area (Å²) in [5.74, 6) is -0.608. The first kappa shape index (κ1) is 42.7. The first-order valence-corrected chi connectivity index (χ1v) is 22.9. The number of unbranched alkanes of at least 4 members (excludes halogenated alkanes) is 2. The van der Waals surface area contributed by atoms with Crippen LogP contribution in [0.15, 0.2) is 108 Å². The molecule has 0 amide bonds. The second kappa shape index (κ2) is 16.8. The van der Waals surface area contributed by atoms with Crippen molar-refractivity contribution in [3.63, 3.8) is 0 Å². The molecule has 308 valence electrons. The van der Waals surface area contributed by atoms with Crippen molar-refractivity contribution in [2.24, 2.45) is 0 Å². The van der Waals surface area contributed by atoms with E-state index in [4.69, 9.17) is 5.73 Å². The van der Waals surface area contributed by atoms with E-state index in [1.54, 1.807) is 12.1 Å². The summed E-state index contributed by atoms with van der Waals surface area (Å²) in [6.45, 7) is 9.75. The Kier molecular flexibility index (Phi) is 12.3. The van der Waals surface area contributed by atoms with E-state index in [0.717, 1.165) is 69.9 Å². The van der Waals surface area contributed by atoms with Crippen molar-refractivity contribution >= 4 is 54.3 Å². The van der Waals surface area contributed by atoms with Crippen LogP contribution in [0.2, 0.25) is 0 Å². The number of nitrogen functional groups attached to an aromatic ring is 1. The predicted molar refractivity (Wildman–Crippen MR) is 231 cm³/mol. The van der Waals surface area contributed by atoms with E-state index in [1.807, 2.05) is 30.3 Å². The molecule has 3 aromatic rings. The van der Waals surface area contributed by atoms with Gasteiger partial charge < -0.3 is 10.6 Å². The van der Waals surface area contributed by atoms with Crippen molar-refractivity contribution in [2.45, 2.75) is 83.5 Å². The van der Waals surface area contributed by atoms with Gasteiger partial charge >= 0.3 is 0 Å². The quantitative estimate of drug-likeness (QED) is 0.0334. The maximum atomic E-state index is 12.1. The first-order valence-electron chi connectivity index (χ1n) is 19.7. The lowest BCUT2D eigenvalue weighted by Gasteiger charge is -2.28. The van der Waals surface area contributed by atoms with Crippen molar-refractivity contribution in [1.82, 2.24) is 0 Å². The van der Waals surface area contributed by atoms with Crippen LogP contribution in [0.3, 0.4) is 0 Å². The maximum absolute atomic E-state index is 12.1. The molecule has 0 unspecified atom stereocenters. The van der Waals surface area contributed by atoms with Gasteiger partial charge in [-0.05, 0) is 98.4 Å². The van der Waals surface area contributed by atoms with E-state index in [9.17, 15) is 36.1 Å². The molecule has 0 radical (unpaired) electrons. The van der Waals surface area contributed by atoms with Gasteiger partial charge in [-0.15, -0.1) is 0 Å². The van der Waals surface area contributed by atoms with Crippen LogP contribution in [-0.4, -0.2) is 65.7 Å². The number of rotatable bonds is 15. The maximum Gasteiger partial charge on any atom is 0.292 e. The number of nitro groups is 1. The second-order valence-corrected chi connectivity index (χ2v) is 19.5. The van der Waals surface area contributed by atoms with Crippen LogP contribution < -0.4 is 10.6 Å². The minimum Gasteiger partial charge on any atom is -0.393 e. The predicted octanol–water partition coefficient (Wildman–Crippen LogP) is 8.69. The molecule has 6 rings (SSSR count). The summed E-state index contributed by atoms with van der Waals surface area (Å²) in [4.78, 5) is 13.9. The fraction of sp³-hybridized carbons (Fsp3) is 0.386. The van der Waals surface area contributed by atoms with Gasteiger partial charge in [0.1, 0.15) is 12.2 Å². The van der Waals surface area contributed by atoms with Gasteiger partial charge in [0.25, 0.3) is 25.9 Å². The summed E-state index contributed by atoms with van der Waals surface area (Å²) in [6, 6.07) is 21.3. The number of nitrogens with two attached hydrogens (primary N) is 1. The molecule has 12 nitrogen and oxygen atoms in total. The Balaban J connectivity index is 1.46. The SMILES string of the molecule is CC1(C)C(/C=C/C2=C(c3ccc(N)c([N+](=O)[O-])c3)C(=C/C=C3/N(CCCCS(=O)(=O)O)c4ccccc4C3(C)C)/CCC2)=[N+](CCCCS(=O)(=O)O)c2ccccc21. The Morgan fingerprint density at radius 3 is 2.17 bits per heavy atom. The van der Waals surface area contributed by atoms with Crippen molar-refractivity contribution in [2.75, 3.05) is 35.2 Å². The molecule has 3 aliphatic rings. The van der Waals surface area contributed by atoms with Gasteiger partial charge in [0.15, 0.2) is 5.71 Å². The molecule has 0 bridgehead atoms.